The molecule has 0 aliphatic heterocycles. The second kappa shape index (κ2) is 9.64. The second-order valence-corrected chi connectivity index (χ2v) is 7.65. The molecule has 1 heteroatoms. The second-order valence-electron chi connectivity index (χ2n) is 7.65. The summed E-state index contributed by atoms with van der Waals surface area (Å²) >= 11 is 0. The molecule has 0 amide bonds. The van der Waals surface area contributed by atoms with Gasteiger partial charge in [0.1, 0.15) is 0 Å². The Kier molecular flexibility index (Phi) is 7.82. The molecular weight excluding hydrogens is 259 g/mol. The predicted molar refractivity (Wildman–Crippen MR) is 89.9 cm³/mol. The van der Waals surface area contributed by atoms with Crippen molar-refractivity contribution < 1.29 is 4.39 Å². The minimum absolute atomic E-state index is 0.728. The van der Waals surface area contributed by atoms with Gasteiger partial charge in [-0.25, -0.2) is 4.39 Å². The molecule has 0 atom stereocenters. The molecule has 0 radical (unpaired) electrons. The van der Waals surface area contributed by atoms with E-state index in [1.807, 2.05) is 0 Å². The summed E-state index contributed by atoms with van der Waals surface area (Å²) in [7, 11) is 0. The first-order chi connectivity index (χ1) is 10.3. The average molecular weight is 294 g/mol. The van der Waals surface area contributed by atoms with Crippen LogP contribution in [0.25, 0.3) is 0 Å². The maximum Gasteiger partial charge on any atom is 0.0827 e. The zero-order chi connectivity index (χ0) is 14.9. The van der Waals surface area contributed by atoms with Crippen LogP contribution in [0.1, 0.15) is 90.4 Å². The molecule has 0 aromatic heterocycles. The fourth-order valence-corrected chi connectivity index (χ4v) is 4.77. The third-order valence-electron chi connectivity index (χ3n) is 6.22. The van der Waals surface area contributed by atoms with E-state index < -0.39 is 0 Å². The molecule has 0 N–H and O–H groups in total. The summed E-state index contributed by atoms with van der Waals surface area (Å²) in [6.45, 7) is 2.30. The number of allylic oxidation sites excluding steroid dienone is 1. The van der Waals surface area contributed by atoms with Gasteiger partial charge in [0.05, 0.1) is 6.33 Å². The molecule has 2 aliphatic carbocycles. The van der Waals surface area contributed by atoms with E-state index in [1.54, 1.807) is 6.08 Å². The third kappa shape index (κ3) is 5.75. The van der Waals surface area contributed by atoms with E-state index in [1.165, 1.54) is 77.0 Å². The Morgan fingerprint density at radius 3 is 1.90 bits per heavy atom. The summed E-state index contributed by atoms with van der Waals surface area (Å²) in [6.07, 6.45) is 20.6. The van der Waals surface area contributed by atoms with Gasteiger partial charge in [0.15, 0.2) is 0 Å². The van der Waals surface area contributed by atoms with Gasteiger partial charge >= 0.3 is 0 Å². The number of hydrogen-bond donors (Lipinski definition) is 0. The van der Waals surface area contributed by atoms with Crippen LogP contribution in [0, 0.1) is 23.7 Å². The first kappa shape index (κ1) is 17.0. The Morgan fingerprint density at radius 1 is 0.810 bits per heavy atom. The maximum atomic E-state index is 12.1. The monoisotopic (exact) mass is 294 g/mol. The van der Waals surface area contributed by atoms with Gasteiger partial charge in [-0.2, -0.15) is 0 Å². The highest BCUT2D eigenvalue weighted by Gasteiger charge is 2.30. The van der Waals surface area contributed by atoms with Crippen LogP contribution in [0.15, 0.2) is 12.4 Å². The lowest BCUT2D eigenvalue weighted by Crippen LogP contribution is -2.25. The number of unbranched alkanes of at least 4 members (excludes halogenated alkanes) is 2. The average Bonchev–Trinajstić information content (AvgIpc) is 2.54. The Hall–Kier alpha value is -0.330. The van der Waals surface area contributed by atoms with Crippen molar-refractivity contribution in [2.24, 2.45) is 23.7 Å². The van der Waals surface area contributed by atoms with Crippen LogP contribution in [0.5, 0.6) is 0 Å². The van der Waals surface area contributed by atoms with Gasteiger partial charge in [-0.1, -0.05) is 51.5 Å². The van der Waals surface area contributed by atoms with Crippen LogP contribution in [0.4, 0.5) is 4.39 Å². The van der Waals surface area contributed by atoms with Crippen molar-refractivity contribution in [3.63, 3.8) is 0 Å². The van der Waals surface area contributed by atoms with Gasteiger partial charge in [0.25, 0.3) is 0 Å². The lowest BCUT2D eigenvalue weighted by atomic mass is 9.68. The number of halogens is 1. The highest BCUT2D eigenvalue weighted by molar-refractivity contribution is 4.85. The molecule has 122 valence electrons. The molecule has 21 heavy (non-hydrogen) atoms. The summed E-state index contributed by atoms with van der Waals surface area (Å²) in [5, 5.41) is 0. The van der Waals surface area contributed by atoms with E-state index >= 15 is 0 Å². The van der Waals surface area contributed by atoms with Crippen molar-refractivity contribution >= 4 is 0 Å². The number of hydrogen-bond acceptors (Lipinski definition) is 0. The summed E-state index contributed by atoms with van der Waals surface area (Å²) in [5.41, 5.74) is 0. The Balaban J connectivity index is 1.62. The molecule has 2 saturated carbocycles. The first-order valence-corrected chi connectivity index (χ1v) is 9.58. The summed E-state index contributed by atoms with van der Waals surface area (Å²) in [5.74, 6) is 3.81. The minimum atomic E-state index is 0.728. The summed E-state index contributed by atoms with van der Waals surface area (Å²) in [6, 6.07) is 0. The summed E-state index contributed by atoms with van der Waals surface area (Å²) < 4.78 is 12.1. The van der Waals surface area contributed by atoms with Crippen molar-refractivity contribution in [1.29, 1.82) is 0 Å². The molecule has 0 heterocycles. The minimum Gasteiger partial charge on any atom is -0.216 e. The maximum absolute atomic E-state index is 12.1. The van der Waals surface area contributed by atoms with Crippen LogP contribution in [0.3, 0.4) is 0 Å². The van der Waals surface area contributed by atoms with Gasteiger partial charge in [-0.15, -0.1) is 0 Å². The standard InChI is InChI=1S/C20H35F/c1-2-3-4-6-17-8-12-19(13-9-17)20-14-10-18(11-15-20)7-5-16-21/h5,16-20H,2-4,6-15H2,1H3/t17-,18-,19-,20-. The lowest BCUT2D eigenvalue weighted by molar-refractivity contribution is 0.143. The topological polar surface area (TPSA) is 0 Å². The highest BCUT2D eigenvalue weighted by atomic mass is 19.1. The van der Waals surface area contributed by atoms with Crippen LogP contribution < -0.4 is 0 Å². The molecule has 0 bridgehead atoms. The van der Waals surface area contributed by atoms with Crippen molar-refractivity contribution in [3.8, 4) is 0 Å². The quantitative estimate of drug-likeness (QED) is 0.441. The zero-order valence-electron chi connectivity index (χ0n) is 14.0. The highest BCUT2D eigenvalue weighted by Crippen LogP contribution is 2.42. The third-order valence-corrected chi connectivity index (χ3v) is 6.22. The fourth-order valence-electron chi connectivity index (χ4n) is 4.77. The van der Waals surface area contributed by atoms with Crippen LogP contribution in [-0.4, -0.2) is 0 Å². The molecular formula is C20H35F. The molecule has 2 aliphatic rings. The van der Waals surface area contributed by atoms with Gasteiger partial charge in [-0.3, -0.25) is 0 Å². The smallest absolute Gasteiger partial charge is 0.0827 e. The molecule has 0 aromatic rings. The lowest BCUT2D eigenvalue weighted by Gasteiger charge is -2.37. The fraction of sp³-hybridized carbons (Fsp3) is 0.900. The predicted octanol–water partition coefficient (Wildman–Crippen LogP) is 7.05. The van der Waals surface area contributed by atoms with Gasteiger partial charge < -0.3 is 0 Å². The zero-order valence-corrected chi connectivity index (χ0v) is 14.0. The SMILES string of the molecule is CCCCC[C@H]1CC[C@H]([C@H]2CC[C@H](CC=CF)CC2)CC1. The van der Waals surface area contributed by atoms with Crippen molar-refractivity contribution in [2.45, 2.75) is 90.4 Å². The Bertz CT molecular complexity index is 280. The molecule has 0 unspecified atom stereocenters. The van der Waals surface area contributed by atoms with Crippen LogP contribution >= 0.6 is 0 Å². The summed E-state index contributed by atoms with van der Waals surface area (Å²) in [4.78, 5) is 0. The van der Waals surface area contributed by atoms with E-state index in [0.29, 0.717) is 0 Å². The Morgan fingerprint density at radius 2 is 1.38 bits per heavy atom. The van der Waals surface area contributed by atoms with Crippen LogP contribution in [-0.2, 0) is 0 Å². The van der Waals surface area contributed by atoms with Gasteiger partial charge in [0.2, 0.25) is 0 Å². The van der Waals surface area contributed by atoms with Crippen LogP contribution in [0.2, 0.25) is 0 Å². The number of rotatable bonds is 7. The molecule has 2 rings (SSSR count). The first-order valence-electron chi connectivity index (χ1n) is 9.58. The van der Waals surface area contributed by atoms with E-state index in [9.17, 15) is 4.39 Å². The molecule has 0 aromatic carbocycles. The molecule has 0 nitrogen and oxygen atoms in total. The van der Waals surface area contributed by atoms with Gasteiger partial charge in [0, 0.05) is 0 Å². The van der Waals surface area contributed by atoms with Crippen molar-refractivity contribution in [2.75, 3.05) is 0 Å². The largest absolute Gasteiger partial charge is 0.216 e. The van der Waals surface area contributed by atoms with Gasteiger partial charge in [-0.05, 0) is 68.6 Å². The van der Waals surface area contributed by atoms with E-state index in [2.05, 4.69) is 6.92 Å². The normalized spacial score (nSPS) is 34.4. The Labute approximate surface area is 131 Å². The van der Waals surface area contributed by atoms with E-state index in [-0.39, 0.29) is 0 Å². The molecule has 0 spiro atoms. The van der Waals surface area contributed by atoms with E-state index in [4.69, 9.17) is 0 Å². The molecule has 2 fully saturated rings. The van der Waals surface area contributed by atoms with Crippen molar-refractivity contribution in [3.05, 3.63) is 12.4 Å². The van der Waals surface area contributed by atoms with E-state index in [0.717, 1.165) is 36.4 Å². The molecule has 0 saturated heterocycles. The van der Waals surface area contributed by atoms with Crippen molar-refractivity contribution in [1.82, 2.24) is 0 Å².